The first-order valence-corrected chi connectivity index (χ1v) is 7.90. The Hall–Kier alpha value is -1.26. The fourth-order valence-corrected chi connectivity index (χ4v) is 2.47. The highest BCUT2D eigenvalue weighted by Gasteiger charge is 2.11. The van der Waals surface area contributed by atoms with Gasteiger partial charge in [-0.2, -0.15) is 0 Å². The third kappa shape index (κ3) is 4.61. The number of nitrogens with one attached hydrogen (secondary N) is 1. The van der Waals surface area contributed by atoms with E-state index in [1.807, 2.05) is 12.1 Å². The number of rotatable bonds is 5. The minimum Gasteiger partial charge on any atom is -0.497 e. The molecular weight excluding hydrogens is 328 g/mol. The van der Waals surface area contributed by atoms with Crippen LogP contribution >= 0.6 is 15.9 Å². The zero-order valence-electron chi connectivity index (χ0n) is 13.1. The lowest BCUT2D eigenvalue weighted by Gasteiger charge is -2.21. The molecular formula is C17H23BrN2O. The summed E-state index contributed by atoms with van der Waals surface area (Å²) in [5, 5.41) is 3.53. The first kappa shape index (κ1) is 16.1. The lowest BCUT2D eigenvalue weighted by molar-refractivity contribution is 0.413. The summed E-state index contributed by atoms with van der Waals surface area (Å²) < 4.78 is 8.67. The van der Waals surface area contributed by atoms with E-state index in [1.54, 1.807) is 7.11 Å². The van der Waals surface area contributed by atoms with Crippen molar-refractivity contribution in [1.29, 1.82) is 0 Å². The van der Waals surface area contributed by atoms with Crippen LogP contribution in [0.3, 0.4) is 0 Å². The maximum Gasteiger partial charge on any atom is 0.119 e. The fraction of sp³-hybridized carbons (Fsp3) is 0.412. The number of methoxy groups -OCH3 is 1. The Balaban J connectivity index is 2.15. The summed E-state index contributed by atoms with van der Waals surface area (Å²) in [7, 11) is 1.70. The van der Waals surface area contributed by atoms with Crippen molar-refractivity contribution < 1.29 is 4.74 Å². The molecule has 0 aliphatic carbocycles. The van der Waals surface area contributed by atoms with E-state index >= 15 is 0 Å². The molecule has 0 atom stereocenters. The van der Waals surface area contributed by atoms with Gasteiger partial charge in [0.2, 0.25) is 0 Å². The van der Waals surface area contributed by atoms with Crippen LogP contribution < -0.4 is 10.1 Å². The molecule has 3 nitrogen and oxygen atoms in total. The Morgan fingerprint density at radius 3 is 2.67 bits per heavy atom. The van der Waals surface area contributed by atoms with Gasteiger partial charge in [0.1, 0.15) is 5.75 Å². The molecule has 4 heteroatoms. The van der Waals surface area contributed by atoms with Gasteiger partial charge >= 0.3 is 0 Å². The first-order valence-electron chi connectivity index (χ1n) is 7.10. The number of hydrogen-bond acceptors (Lipinski definition) is 2. The van der Waals surface area contributed by atoms with Gasteiger partial charge in [-0.25, -0.2) is 0 Å². The highest BCUT2D eigenvalue weighted by Crippen LogP contribution is 2.24. The molecule has 0 saturated heterocycles. The predicted molar refractivity (Wildman–Crippen MR) is 90.8 cm³/mol. The van der Waals surface area contributed by atoms with Gasteiger partial charge in [0, 0.05) is 35.0 Å². The summed E-state index contributed by atoms with van der Waals surface area (Å²) in [6.45, 7) is 8.22. The van der Waals surface area contributed by atoms with Gasteiger partial charge < -0.3 is 14.6 Å². The molecule has 0 spiro atoms. The molecule has 0 unspecified atom stereocenters. The molecule has 0 aliphatic heterocycles. The molecule has 0 saturated carbocycles. The highest BCUT2D eigenvalue weighted by molar-refractivity contribution is 9.10. The number of ether oxygens (including phenoxy) is 1. The van der Waals surface area contributed by atoms with Crippen LogP contribution in [0.2, 0.25) is 0 Å². The van der Waals surface area contributed by atoms with Crippen molar-refractivity contribution in [3.05, 3.63) is 52.3 Å². The second kappa shape index (κ2) is 6.67. The molecule has 1 N–H and O–H groups in total. The topological polar surface area (TPSA) is 26.2 Å². The van der Waals surface area contributed by atoms with Crippen molar-refractivity contribution in [2.75, 3.05) is 7.11 Å². The van der Waals surface area contributed by atoms with Crippen molar-refractivity contribution in [2.45, 2.75) is 39.4 Å². The van der Waals surface area contributed by atoms with Gasteiger partial charge in [0.15, 0.2) is 0 Å². The van der Waals surface area contributed by atoms with Crippen molar-refractivity contribution in [2.24, 2.45) is 0 Å². The van der Waals surface area contributed by atoms with Gasteiger partial charge in [-0.3, -0.25) is 0 Å². The van der Waals surface area contributed by atoms with E-state index in [2.05, 4.69) is 71.0 Å². The van der Waals surface area contributed by atoms with Crippen LogP contribution in [0.15, 0.2) is 41.0 Å². The normalized spacial score (nSPS) is 11.7. The van der Waals surface area contributed by atoms with Crippen molar-refractivity contribution >= 4 is 15.9 Å². The molecule has 1 aromatic heterocycles. The molecule has 114 valence electrons. The number of halogens is 1. The van der Waals surface area contributed by atoms with E-state index in [9.17, 15) is 0 Å². The summed E-state index contributed by atoms with van der Waals surface area (Å²) in [6.07, 6.45) is 2.12. The van der Waals surface area contributed by atoms with E-state index in [0.29, 0.717) is 0 Å². The first-order chi connectivity index (χ1) is 9.89. The van der Waals surface area contributed by atoms with Gasteiger partial charge in [-0.15, -0.1) is 0 Å². The molecule has 0 amide bonds. The number of aromatic nitrogens is 1. The van der Waals surface area contributed by atoms with Crippen molar-refractivity contribution in [3.63, 3.8) is 0 Å². The Morgan fingerprint density at radius 1 is 1.24 bits per heavy atom. The van der Waals surface area contributed by atoms with E-state index in [1.165, 1.54) is 11.3 Å². The summed E-state index contributed by atoms with van der Waals surface area (Å²) in [5.41, 5.74) is 2.60. The third-order valence-electron chi connectivity index (χ3n) is 3.32. The molecule has 0 radical (unpaired) electrons. The second-order valence-corrected chi connectivity index (χ2v) is 7.04. The van der Waals surface area contributed by atoms with E-state index in [4.69, 9.17) is 4.74 Å². The number of hydrogen-bond donors (Lipinski definition) is 1. The smallest absolute Gasteiger partial charge is 0.119 e. The minimum atomic E-state index is 0.117. The number of benzene rings is 1. The van der Waals surface area contributed by atoms with E-state index in [-0.39, 0.29) is 5.54 Å². The molecule has 1 aromatic carbocycles. The van der Waals surface area contributed by atoms with Crippen molar-refractivity contribution in [1.82, 2.24) is 9.88 Å². The Bertz CT molecular complexity index is 599. The lowest BCUT2D eigenvalue weighted by Crippen LogP contribution is -2.35. The zero-order chi connectivity index (χ0) is 15.5. The molecule has 21 heavy (non-hydrogen) atoms. The van der Waals surface area contributed by atoms with Gasteiger partial charge in [0.05, 0.1) is 7.11 Å². The maximum absolute atomic E-state index is 5.31. The van der Waals surface area contributed by atoms with Crippen LogP contribution in [-0.4, -0.2) is 17.2 Å². The van der Waals surface area contributed by atoms with Crippen LogP contribution in [0.5, 0.6) is 5.75 Å². The summed E-state index contributed by atoms with van der Waals surface area (Å²) in [4.78, 5) is 0. The van der Waals surface area contributed by atoms with E-state index < -0.39 is 0 Å². The van der Waals surface area contributed by atoms with Gasteiger partial charge in [-0.05, 0) is 56.7 Å². The summed E-state index contributed by atoms with van der Waals surface area (Å²) in [5.74, 6) is 0.884. The van der Waals surface area contributed by atoms with Gasteiger partial charge in [0.25, 0.3) is 0 Å². The highest BCUT2D eigenvalue weighted by atomic mass is 79.9. The molecule has 0 bridgehead atoms. The average Bonchev–Trinajstić information content (AvgIpc) is 2.85. The lowest BCUT2D eigenvalue weighted by atomic mass is 10.1. The third-order valence-corrected chi connectivity index (χ3v) is 4.09. The van der Waals surface area contributed by atoms with Crippen LogP contribution in [0.1, 0.15) is 32.0 Å². The molecule has 0 aliphatic rings. The van der Waals surface area contributed by atoms with Crippen LogP contribution in [0, 0.1) is 0 Å². The molecule has 0 fully saturated rings. The zero-order valence-corrected chi connectivity index (χ0v) is 14.7. The van der Waals surface area contributed by atoms with E-state index in [0.717, 1.165) is 23.3 Å². The Labute approximate surface area is 135 Å². The standard InChI is InChI=1S/C17H23BrN2O/c1-17(2,3)19-11-14-6-5-9-20(14)12-13-10-15(21-4)7-8-16(13)18/h5-10,19H,11-12H2,1-4H3. The molecule has 2 aromatic rings. The summed E-state index contributed by atoms with van der Waals surface area (Å²) in [6, 6.07) is 10.3. The largest absolute Gasteiger partial charge is 0.497 e. The average molecular weight is 351 g/mol. The Kier molecular flexibility index (Phi) is 5.12. The monoisotopic (exact) mass is 350 g/mol. The number of nitrogens with zero attached hydrogens (tertiary/aromatic N) is 1. The van der Waals surface area contributed by atoms with Crippen LogP contribution in [-0.2, 0) is 13.1 Å². The van der Waals surface area contributed by atoms with Gasteiger partial charge in [-0.1, -0.05) is 15.9 Å². The minimum absolute atomic E-state index is 0.117. The molecule has 1 heterocycles. The fourth-order valence-electron chi connectivity index (χ4n) is 2.10. The SMILES string of the molecule is COc1ccc(Br)c(Cn2cccc2CNC(C)(C)C)c1. The summed E-state index contributed by atoms with van der Waals surface area (Å²) >= 11 is 3.62. The van der Waals surface area contributed by atoms with Crippen molar-refractivity contribution in [3.8, 4) is 5.75 Å². The molecule has 2 rings (SSSR count). The quantitative estimate of drug-likeness (QED) is 0.874. The Morgan fingerprint density at radius 2 is 2.00 bits per heavy atom. The predicted octanol–water partition coefficient (Wildman–Crippen LogP) is 4.20. The van der Waals surface area contributed by atoms with Crippen LogP contribution in [0.4, 0.5) is 0 Å². The maximum atomic E-state index is 5.31. The van der Waals surface area contributed by atoms with Crippen LogP contribution in [0.25, 0.3) is 0 Å². The second-order valence-electron chi connectivity index (χ2n) is 6.19.